The number of methoxy groups -OCH3 is 1. The third-order valence-electron chi connectivity index (χ3n) is 2.80. The van der Waals surface area contributed by atoms with Gasteiger partial charge in [0.25, 0.3) is 0 Å². The van der Waals surface area contributed by atoms with Crippen molar-refractivity contribution in [2.24, 2.45) is 0 Å². The van der Waals surface area contributed by atoms with E-state index in [1.807, 2.05) is 13.8 Å². The van der Waals surface area contributed by atoms with Crippen molar-refractivity contribution < 1.29 is 14.2 Å². The molecule has 17 heavy (non-hydrogen) atoms. The minimum atomic E-state index is -0.407. The molecule has 0 bridgehead atoms. The number of hydrogen-bond donors (Lipinski definition) is 2. The lowest BCUT2D eigenvalue weighted by Crippen LogP contribution is -2.29. The molecule has 3 nitrogen and oxygen atoms in total. The van der Waals surface area contributed by atoms with E-state index in [1.54, 1.807) is 12.1 Å². The van der Waals surface area contributed by atoms with E-state index in [9.17, 15) is 9.50 Å². The molecule has 0 spiro atoms. The number of rotatable bonds is 6. The second-order valence-corrected chi connectivity index (χ2v) is 4.05. The lowest BCUT2D eigenvalue weighted by Gasteiger charge is -2.19. The Balaban J connectivity index is 2.77. The van der Waals surface area contributed by atoms with Gasteiger partial charge in [0.1, 0.15) is 11.6 Å². The SMILES string of the molecule is CC[C@@H](O)CN[C@@H](C)c1c(F)cccc1OC. The predicted octanol–water partition coefficient (Wildman–Crippen LogP) is 2.26. The summed E-state index contributed by atoms with van der Waals surface area (Å²) in [5.41, 5.74) is 0.498. The van der Waals surface area contributed by atoms with Crippen LogP contribution in [0.15, 0.2) is 18.2 Å². The number of ether oxygens (including phenoxy) is 1. The van der Waals surface area contributed by atoms with Gasteiger partial charge >= 0.3 is 0 Å². The average molecular weight is 241 g/mol. The van der Waals surface area contributed by atoms with E-state index in [1.165, 1.54) is 13.2 Å². The van der Waals surface area contributed by atoms with E-state index < -0.39 is 6.10 Å². The van der Waals surface area contributed by atoms with Crippen LogP contribution in [-0.2, 0) is 0 Å². The minimum absolute atomic E-state index is 0.202. The predicted molar refractivity (Wildman–Crippen MR) is 65.7 cm³/mol. The van der Waals surface area contributed by atoms with E-state index in [-0.39, 0.29) is 11.9 Å². The van der Waals surface area contributed by atoms with Crippen molar-refractivity contribution in [3.63, 3.8) is 0 Å². The summed E-state index contributed by atoms with van der Waals surface area (Å²) in [6.07, 6.45) is 0.268. The van der Waals surface area contributed by atoms with E-state index in [2.05, 4.69) is 5.32 Å². The Kier molecular flexibility index (Phi) is 5.38. The summed E-state index contributed by atoms with van der Waals surface area (Å²) in [7, 11) is 1.52. The third kappa shape index (κ3) is 3.68. The highest BCUT2D eigenvalue weighted by Crippen LogP contribution is 2.27. The molecule has 0 fully saturated rings. The Hall–Kier alpha value is -1.13. The van der Waals surface area contributed by atoms with Gasteiger partial charge in [0.05, 0.1) is 13.2 Å². The number of aliphatic hydroxyl groups excluding tert-OH is 1. The minimum Gasteiger partial charge on any atom is -0.496 e. The van der Waals surface area contributed by atoms with Crippen LogP contribution in [0.25, 0.3) is 0 Å². The summed E-state index contributed by atoms with van der Waals surface area (Å²) >= 11 is 0. The normalized spacial score (nSPS) is 14.4. The molecule has 4 heteroatoms. The fourth-order valence-electron chi connectivity index (χ4n) is 1.67. The summed E-state index contributed by atoms with van der Waals surface area (Å²) in [6.45, 7) is 4.19. The summed E-state index contributed by atoms with van der Waals surface area (Å²) < 4.78 is 18.8. The van der Waals surface area contributed by atoms with Crippen LogP contribution in [0.5, 0.6) is 5.75 Å². The molecule has 0 radical (unpaired) electrons. The van der Waals surface area contributed by atoms with E-state index >= 15 is 0 Å². The highest BCUT2D eigenvalue weighted by atomic mass is 19.1. The second kappa shape index (κ2) is 6.57. The molecular weight excluding hydrogens is 221 g/mol. The van der Waals surface area contributed by atoms with Crippen molar-refractivity contribution in [3.8, 4) is 5.75 Å². The van der Waals surface area contributed by atoms with Gasteiger partial charge in [0, 0.05) is 18.2 Å². The number of halogens is 1. The molecule has 1 aromatic carbocycles. The Labute approximate surface area is 102 Å². The molecule has 1 aromatic rings. The first-order chi connectivity index (χ1) is 8.10. The zero-order chi connectivity index (χ0) is 12.8. The van der Waals surface area contributed by atoms with Crippen LogP contribution in [-0.4, -0.2) is 24.9 Å². The fraction of sp³-hybridized carbons (Fsp3) is 0.538. The van der Waals surface area contributed by atoms with Crippen LogP contribution < -0.4 is 10.1 Å². The van der Waals surface area contributed by atoms with Crippen molar-refractivity contribution in [1.29, 1.82) is 0 Å². The maximum Gasteiger partial charge on any atom is 0.131 e. The lowest BCUT2D eigenvalue weighted by atomic mass is 10.1. The Morgan fingerprint density at radius 1 is 1.47 bits per heavy atom. The molecule has 2 atom stereocenters. The highest BCUT2D eigenvalue weighted by molar-refractivity contribution is 5.36. The topological polar surface area (TPSA) is 41.5 Å². The van der Waals surface area contributed by atoms with Crippen molar-refractivity contribution >= 4 is 0 Å². The molecule has 2 N–H and O–H groups in total. The van der Waals surface area contributed by atoms with Gasteiger partial charge in [-0.15, -0.1) is 0 Å². The van der Waals surface area contributed by atoms with Gasteiger partial charge in [-0.3, -0.25) is 0 Å². The van der Waals surface area contributed by atoms with Crippen LogP contribution in [0.3, 0.4) is 0 Å². The third-order valence-corrected chi connectivity index (χ3v) is 2.80. The van der Waals surface area contributed by atoms with Gasteiger partial charge in [-0.25, -0.2) is 4.39 Å². The van der Waals surface area contributed by atoms with E-state index in [0.29, 0.717) is 24.3 Å². The highest BCUT2D eigenvalue weighted by Gasteiger charge is 2.16. The molecule has 0 saturated carbocycles. The zero-order valence-corrected chi connectivity index (χ0v) is 10.5. The van der Waals surface area contributed by atoms with Crippen LogP contribution in [0.4, 0.5) is 4.39 Å². The Morgan fingerprint density at radius 3 is 2.76 bits per heavy atom. The van der Waals surface area contributed by atoms with E-state index in [0.717, 1.165) is 0 Å². The number of hydrogen-bond acceptors (Lipinski definition) is 3. The zero-order valence-electron chi connectivity index (χ0n) is 10.5. The number of nitrogens with one attached hydrogen (secondary N) is 1. The molecule has 0 aliphatic heterocycles. The monoisotopic (exact) mass is 241 g/mol. The first kappa shape index (κ1) is 13.9. The quantitative estimate of drug-likeness (QED) is 0.802. The van der Waals surface area contributed by atoms with Gasteiger partial charge in [-0.1, -0.05) is 13.0 Å². The molecule has 1 rings (SSSR count). The molecule has 0 saturated heterocycles. The molecular formula is C13H20FNO2. The molecule has 0 amide bonds. The van der Waals surface area contributed by atoms with Crippen LogP contribution in [0.2, 0.25) is 0 Å². The van der Waals surface area contributed by atoms with Crippen LogP contribution in [0.1, 0.15) is 31.9 Å². The first-order valence-corrected chi connectivity index (χ1v) is 5.84. The van der Waals surface area contributed by atoms with Gasteiger partial charge in [0.15, 0.2) is 0 Å². The Morgan fingerprint density at radius 2 is 2.18 bits per heavy atom. The lowest BCUT2D eigenvalue weighted by molar-refractivity contribution is 0.163. The summed E-state index contributed by atoms with van der Waals surface area (Å²) in [4.78, 5) is 0. The first-order valence-electron chi connectivity index (χ1n) is 5.84. The van der Waals surface area contributed by atoms with Crippen LogP contribution >= 0.6 is 0 Å². The van der Waals surface area contributed by atoms with Crippen molar-refractivity contribution in [2.45, 2.75) is 32.4 Å². The van der Waals surface area contributed by atoms with Crippen molar-refractivity contribution in [3.05, 3.63) is 29.6 Å². The molecule has 0 unspecified atom stereocenters. The molecule has 96 valence electrons. The average Bonchev–Trinajstić information content (AvgIpc) is 2.34. The molecule has 0 heterocycles. The Bertz CT molecular complexity index is 357. The summed E-state index contributed by atoms with van der Waals surface area (Å²) in [5, 5.41) is 12.6. The maximum absolute atomic E-state index is 13.7. The second-order valence-electron chi connectivity index (χ2n) is 4.05. The van der Waals surface area contributed by atoms with Crippen molar-refractivity contribution in [2.75, 3.05) is 13.7 Å². The molecule has 0 aliphatic carbocycles. The van der Waals surface area contributed by atoms with Crippen molar-refractivity contribution in [1.82, 2.24) is 5.32 Å². The van der Waals surface area contributed by atoms with Gasteiger partial charge in [-0.05, 0) is 25.5 Å². The van der Waals surface area contributed by atoms with Gasteiger partial charge in [-0.2, -0.15) is 0 Å². The summed E-state index contributed by atoms with van der Waals surface area (Å²) in [5.74, 6) is 0.228. The molecule has 0 aliphatic rings. The fourth-order valence-corrected chi connectivity index (χ4v) is 1.67. The summed E-state index contributed by atoms with van der Waals surface area (Å²) in [6, 6.07) is 4.55. The largest absolute Gasteiger partial charge is 0.496 e. The molecule has 0 aromatic heterocycles. The van der Waals surface area contributed by atoms with Gasteiger partial charge in [0.2, 0.25) is 0 Å². The number of benzene rings is 1. The smallest absolute Gasteiger partial charge is 0.131 e. The van der Waals surface area contributed by atoms with Gasteiger partial charge < -0.3 is 15.2 Å². The maximum atomic E-state index is 13.7. The van der Waals surface area contributed by atoms with E-state index in [4.69, 9.17) is 4.74 Å². The standard InChI is InChI=1S/C13H20FNO2/c1-4-10(16)8-15-9(2)13-11(14)6-5-7-12(13)17-3/h5-7,9-10,15-16H,4,8H2,1-3H3/t9-,10+/m0/s1. The number of aliphatic hydroxyl groups is 1. The van der Waals surface area contributed by atoms with Crippen LogP contribution in [0, 0.1) is 5.82 Å².